The van der Waals surface area contributed by atoms with Crippen LogP contribution in [0, 0.1) is 24.4 Å². The molecule has 0 saturated carbocycles. The molecule has 28 heavy (non-hydrogen) atoms. The molecule has 2 aromatic carbocycles. The molecule has 0 aromatic heterocycles. The third-order valence-corrected chi connectivity index (χ3v) is 5.15. The number of carbonyl (C=O) groups excluding carboxylic acids is 1. The van der Waals surface area contributed by atoms with E-state index in [1.807, 2.05) is 0 Å². The number of benzene rings is 2. The number of aliphatic hydroxyl groups is 1. The van der Waals surface area contributed by atoms with Gasteiger partial charge < -0.3 is 10.0 Å². The van der Waals surface area contributed by atoms with E-state index in [0.29, 0.717) is 26.1 Å². The van der Waals surface area contributed by atoms with Gasteiger partial charge >= 0.3 is 0 Å². The van der Waals surface area contributed by atoms with E-state index in [9.17, 15) is 23.1 Å². The van der Waals surface area contributed by atoms with Gasteiger partial charge in [0.05, 0.1) is 0 Å². The number of aryl methyl sites for hydroxylation is 1. The molecule has 1 fully saturated rings. The Hall–Kier alpha value is -2.38. The van der Waals surface area contributed by atoms with Crippen LogP contribution in [0.2, 0.25) is 0 Å². The van der Waals surface area contributed by atoms with Gasteiger partial charge in [-0.3, -0.25) is 9.69 Å². The molecule has 0 aliphatic carbocycles. The third-order valence-electron chi connectivity index (χ3n) is 5.15. The second-order valence-corrected chi connectivity index (χ2v) is 7.07. The lowest BCUT2D eigenvalue weighted by Gasteiger charge is -2.41. The summed E-state index contributed by atoms with van der Waals surface area (Å²) in [5.74, 6) is -2.70. The minimum atomic E-state index is -0.874. The van der Waals surface area contributed by atoms with E-state index in [-0.39, 0.29) is 30.6 Å². The summed E-state index contributed by atoms with van der Waals surface area (Å²) in [5, 5.41) is 9.41. The molecule has 0 bridgehead atoms. The van der Waals surface area contributed by atoms with Crippen molar-refractivity contribution >= 4 is 5.91 Å². The molecule has 0 unspecified atom stereocenters. The Balaban J connectivity index is 1.76. The van der Waals surface area contributed by atoms with Gasteiger partial charge in [-0.15, -0.1) is 0 Å². The summed E-state index contributed by atoms with van der Waals surface area (Å²) < 4.78 is 41.6. The van der Waals surface area contributed by atoms with Gasteiger partial charge in [0.2, 0.25) is 0 Å². The van der Waals surface area contributed by atoms with E-state index in [2.05, 4.69) is 4.90 Å². The highest BCUT2D eigenvalue weighted by Crippen LogP contribution is 2.22. The summed E-state index contributed by atoms with van der Waals surface area (Å²) in [6.45, 7) is 3.02. The zero-order chi connectivity index (χ0) is 20.3. The monoisotopic (exact) mass is 392 g/mol. The Bertz CT molecular complexity index is 842. The average Bonchev–Trinajstić information content (AvgIpc) is 2.68. The number of carbonyl (C=O) groups is 1. The number of halogens is 3. The number of hydrogen-bond donors (Lipinski definition) is 1. The van der Waals surface area contributed by atoms with E-state index >= 15 is 0 Å². The lowest BCUT2D eigenvalue weighted by molar-refractivity contribution is 0.0388. The SMILES string of the molecule is Cc1ccc(F)c(C(=O)N2CCN(Cc3ccc(F)cc3)[C@H](CCO)C2)c1F. The van der Waals surface area contributed by atoms with Crippen molar-refractivity contribution in [3.8, 4) is 0 Å². The van der Waals surface area contributed by atoms with Crippen LogP contribution in [-0.4, -0.2) is 53.1 Å². The predicted molar refractivity (Wildman–Crippen MR) is 99.3 cm³/mol. The summed E-state index contributed by atoms with van der Waals surface area (Å²) in [6.07, 6.45) is 0.420. The molecular weight excluding hydrogens is 369 g/mol. The van der Waals surface area contributed by atoms with Gasteiger partial charge in [-0.1, -0.05) is 18.2 Å². The van der Waals surface area contributed by atoms with Crippen molar-refractivity contribution in [1.29, 1.82) is 0 Å². The fourth-order valence-corrected chi connectivity index (χ4v) is 3.54. The van der Waals surface area contributed by atoms with Crippen LogP contribution in [0.3, 0.4) is 0 Å². The van der Waals surface area contributed by atoms with Gasteiger partial charge in [-0.25, -0.2) is 13.2 Å². The molecule has 1 saturated heterocycles. The number of rotatable bonds is 5. The molecule has 1 heterocycles. The van der Waals surface area contributed by atoms with E-state index in [1.165, 1.54) is 30.0 Å². The summed E-state index contributed by atoms with van der Waals surface area (Å²) in [6, 6.07) is 8.40. The molecule has 3 rings (SSSR count). The number of nitrogens with zero attached hydrogens (tertiary/aromatic N) is 2. The molecule has 1 amide bonds. The number of aliphatic hydroxyl groups excluding tert-OH is 1. The third kappa shape index (κ3) is 4.36. The molecular formula is C21H23F3N2O2. The Morgan fingerprint density at radius 1 is 1.11 bits per heavy atom. The first-order valence-corrected chi connectivity index (χ1v) is 9.24. The summed E-state index contributed by atoms with van der Waals surface area (Å²) in [4.78, 5) is 16.3. The number of amides is 1. The second-order valence-electron chi connectivity index (χ2n) is 7.07. The quantitative estimate of drug-likeness (QED) is 0.850. The minimum Gasteiger partial charge on any atom is -0.396 e. The van der Waals surface area contributed by atoms with E-state index in [4.69, 9.17) is 0 Å². The number of hydrogen-bond acceptors (Lipinski definition) is 3. The van der Waals surface area contributed by atoms with Crippen molar-refractivity contribution in [3.05, 3.63) is 70.5 Å². The Labute approximate surface area is 162 Å². The molecule has 150 valence electrons. The van der Waals surface area contributed by atoms with Crippen molar-refractivity contribution < 1.29 is 23.1 Å². The first-order chi connectivity index (χ1) is 13.4. The average molecular weight is 392 g/mol. The fraction of sp³-hybridized carbons (Fsp3) is 0.381. The van der Waals surface area contributed by atoms with Gasteiger partial charge in [0.25, 0.3) is 5.91 Å². The van der Waals surface area contributed by atoms with Gasteiger partial charge in [-0.05, 0) is 42.7 Å². The predicted octanol–water partition coefficient (Wildman–Crippen LogP) is 3.12. The molecule has 0 radical (unpaired) electrons. The van der Waals surface area contributed by atoms with Crippen molar-refractivity contribution in [1.82, 2.24) is 9.80 Å². The zero-order valence-electron chi connectivity index (χ0n) is 15.7. The molecule has 4 nitrogen and oxygen atoms in total. The lowest BCUT2D eigenvalue weighted by atomic mass is 10.0. The first kappa shape index (κ1) is 20.4. The molecule has 7 heteroatoms. The largest absolute Gasteiger partial charge is 0.396 e. The maximum atomic E-state index is 14.3. The standard InChI is InChI=1S/C21H23F3N2O2/c1-14-2-7-18(23)19(20(14)24)21(28)26-10-9-25(17(13-26)8-11-27)12-15-3-5-16(22)6-4-15/h2-7,17,27H,8-13H2,1H3/t17-/m1/s1. The highest BCUT2D eigenvalue weighted by Gasteiger charge is 2.32. The van der Waals surface area contributed by atoms with E-state index in [1.54, 1.807) is 12.1 Å². The summed E-state index contributed by atoms with van der Waals surface area (Å²) >= 11 is 0. The van der Waals surface area contributed by atoms with Crippen LogP contribution >= 0.6 is 0 Å². The Kier molecular flexibility index (Phi) is 6.36. The van der Waals surface area contributed by atoms with Crippen LogP contribution < -0.4 is 0 Å². The van der Waals surface area contributed by atoms with E-state index < -0.39 is 23.1 Å². The van der Waals surface area contributed by atoms with Crippen LogP contribution in [0.4, 0.5) is 13.2 Å². The van der Waals surface area contributed by atoms with Crippen LogP contribution in [-0.2, 0) is 6.54 Å². The fourth-order valence-electron chi connectivity index (χ4n) is 3.54. The zero-order valence-corrected chi connectivity index (χ0v) is 15.7. The molecule has 0 spiro atoms. The van der Waals surface area contributed by atoms with Crippen molar-refractivity contribution in [3.63, 3.8) is 0 Å². The smallest absolute Gasteiger partial charge is 0.259 e. The topological polar surface area (TPSA) is 43.8 Å². The van der Waals surface area contributed by atoms with E-state index in [0.717, 1.165) is 11.6 Å². The van der Waals surface area contributed by atoms with Crippen molar-refractivity contribution in [2.45, 2.75) is 25.9 Å². The van der Waals surface area contributed by atoms with Gasteiger partial charge in [0.1, 0.15) is 23.0 Å². The molecule has 1 aliphatic heterocycles. The van der Waals surface area contributed by atoms with Crippen molar-refractivity contribution in [2.24, 2.45) is 0 Å². The second kappa shape index (κ2) is 8.75. The minimum absolute atomic E-state index is 0.0697. The van der Waals surface area contributed by atoms with Crippen LogP contribution in [0.5, 0.6) is 0 Å². The summed E-state index contributed by atoms with van der Waals surface area (Å²) in [5.41, 5.74) is 0.598. The van der Waals surface area contributed by atoms with Gasteiger partial charge in [-0.2, -0.15) is 0 Å². The maximum absolute atomic E-state index is 14.3. The molecule has 1 N–H and O–H groups in total. The first-order valence-electron chi connectivity index (χ1n) is 9.24. The lowest BCUT2D eigenvalue weighted by Crippen LogP contribution is -2.54. The van der Waals surface area contributed by atoms with Gasteiger partial charge in [0, 0.05) is 38.8 Å². The van der Waals surface area contributed by atoms with Crippen LogP contribution in [0.1, 0.15) is 27.9 Å². The van der Waals surface area contributed by atoms with Crippen LogP contribution in [0.25, 0.3) is 0 Å². The Morgan fingerprint density at radius 3 is 2.50 bits per heavy atom. The van der Waals surface area contributed by atoms with Gasteiger partial charge in [0.15, 0.2) is 0 Å². The highest BCUT2D eigenvalue weighted by molar-refractivity contribution is 5.95. The number of piperazine rings is 1. The highest BCUT2D eigenvalue weighted by atomic mass is 19.1. The van der Waals surface area contributed by atoms with Crippen molar-refractivity contribution in [2.75, 3.05) is 26.2 Å². The molecule has 2 aromatic rings. The normalized spacial score (nSPS) is 17.8. The molecule has 1 atom stereocenters. The Morgan fingerprint density at radius 2 is 1.82 bits per heavy atom. The van der Waals surface area contributed by atoms with Crippen LogP contribution in [0.15, 0.2) is 36.4 Å². The maximum Gasteiger partial charge on any atom is 0.259 e. The molecule has 1 aliphatic rings. The summed E-state index contributed by atoms with van der Waals surface area (Å²) in [7, 11) is 0.